The van der Waals surface area contributed by atoms with Gasteiger partial charge in [-0.15, -0.1) is 0 Å². The second kappa shape index (κ2) is 8.78. The Hall–Kier alpha value is -3.10. The second-order valence-corrected chi connectivity index (χ2v) is 11.4. The third-order valence-corrected chi connectivity index (χ3v) is 8.02. The van der Waals surface area contributed by atoms with Gasteiger partial charge >= 0.3 is 0 Å². The third-order valence-electron chi connectivity index (χ3n) is 8.02. The number of hydroxylamine groups is 4. The van der Waals surface area contributed by atoms with Gasteiger partial charge in [-0.2, -0.15) is 10.1 Å². The highest BCUT2D eigenvalue weighted by Crippen LogP contribution is 2.40. The van der Waals surface area contributed by atoms with Crippen LogP contribution in [0.5, 0.6) is 11.5 Å². The number of aliphatic imine (C=N–C) groups is 2. The number of amidine groups is 2. The minimum Gasteiger partial charge on any atom is -0.489 e. The summed E-state index contributed by atoms with van der Waals surface area (Å²) in [4.78, 5) is 9.44. The highest BCUT2D eigenvalue weighted by molar-refractivity contribution is 6.03. The van der Waals surface area contributed by atoms with Crippen molar-refractivity contribution in [2.24, 2.45) is 9.98 Å². The lowest BCUT2D eigenvalue weighted by Gasteiger charge is -2.35. The molecule has 0 spiro atoms. The van der Waals surface area contributed by atoms with Crippen molar-refractivity contribution >= 4 is 11.7 Å². The second-order valence-electron chi connectivity index (χ2n) is 11.4. The maximum atomic E-state index is 13.1. The van der Waals surface area contributed by atoms with E-state index in [4.69, 9.17) is 19.5 Å². The molecule has 0 aromatic heterocycles. The Bertz CT molecular complexity index is 1110. The molecule has 2 aromatic rings. The highest BCUT2D eigenvalue weighted by Gasteiger charge is 2.51. The summed E-state index contributed by atoms with van der Waals surface area (Å²) in [7, 11) is 0. The monoisotopic (exact) mass is 492 g/mol. The first-order valence-electron chi connectivity index (χ1n) is 12.3. The van der Waals surface area contributed by atoms with Gasteiger partial charge in [-0.05, 0) is 79.7 Å². The van der Waals surface area contributed by atoms with Gasteiger partial charge in [0.15, 0.2) is 11.7 Å². The van der Waals surface area contributed by atoms with Crippen LogP contribution >= 0.6 is 0 Å². The van der Waals surface area contributed by atoms with E-state index < -0.39 is 22.2 Å². The van der Waals surface area contributed by atoms with Gasteiger partial charge < -0.3 is 9.47 Å². The summed E-state index contributed by atoms with van der Waals surface area (Å²) in [5, 5.41) is 28.1. The Morgan fingerprint density at radius 3 is 1.25 bits per heavy atom. The first-order valence-corrected chi connectivity index (χ1v) is 12.3. The minimum atomic E-state index is -0.677. The summed E-state index contributed by atoms with van der Waals surface area (Å²) >= 11 is 0. The molecule has 0 atom stereocenters. The maximum absolute atomic E-state index is 13.1. The molecule has 2 aromatic carbocycles. The molecule has 0 unspecified atom stereocenters. The lowest BCUT2D eigenvalue weighted by molar-refractivity contribution is -0.158. The average Bonchev–Trinajstić information content (AvgIpc) is 3.09. The zero-order chi connectivity index (χ0) is 26.5. The standard InChI is InChI=1S/C28H36N4O4/c1-25(2)27(5,6)31(33)23(29-25)19-13-9-11-15-21(19)35-17-18-36-22-16-12-10-14-20(22)24-30-26(3,4)28(7,8)32(24)34/h9-16H,17-18H2,1-8H3. The van der Waals surface area contributed by atoms with Crippen molar-refractivity contribution in [2.75, 3.05) is 13.2 Å². The molecule has 2 heterocycles. The zero-order valence-electron chi connectivity index (χ0n) is 22.5. The number of ether oxygens (including phenoxy) is 2. The molecule has 192 valence electrons. The van der Waals surface area contributed by atoms with Crippen LogP contribution in [0.3, 0.4) is 0 Å². The zero-order valence-corrected chi connectivity index (χ0v) is 22.5. The quantitative estimate of drug-likeness (QED) is 0.505. The van der Waals surface area contributed by atoms with Crippen molar-refractivity contribution in [2.45, 2.75) is 77.5 Å². The maximum Gasteiger partial charge on any atom is 0.163 e. The minimum absolute atomic E-state index is 0.245. The SMILES string of the molecule is CC1(C)N=C(c2ccccc2OCCOc2ccccc2C2=NC(C)(C)C(C)(C)N2[O])N([O])C1(C)C. The van der Waals surface area contributed by atoms with E-state index in [0.717, 1.165) is 10.1 Å². The largest absolute Gasteiger partial charge is 0.489 e. The summed E-state index contributed by atoms with van der Waals surface area (Å²) in [5.74, 6) is 1.87. The van der Waals surface area contributed by atoms with E-state index in [9.17, 15) is 10.4 Å². The van der Waals surface area contributed by atoms with E-state index in [0.29, 0.717) is 34.3 Å². The molecule has 8 heteroatoms. The Labute approximate surface area is 213 Å². The molecule has 8 nitrogen and oxygen atoms in total. The van der Waals surface area contributed by atoms with Crippen LogP contribution < -0.4 is 9.47 Å². The summed E-state index contributed by atoms with van der Waals surface area (Å²) in [6, 6.07) is 14.8. The number of hydrogen-bond acceptors (Lipinski definition) is 6. The van der Waals surface area contributed by atoms with Crippen LogP contribution in [-0.2, 0) is 10.4 Å². The fraction of sp³-hybridized carbons (Fsp3) is 0.500. The fourth-order valence-electron chi connectivity index (χ4n) is 4.12. The number of benzene rings is 2. The molecule has 2 radical (unpaired) electrons. The molecule has 0 saturated heterocycles. The topological polar surface area (TPSA) is 89.5 Å². The van der Waals surface area contributed by atoms with Gasteiger partial charge in [0.05, 0.1) is 33.3 Å². The molecule has 0 N–H and O–H groups in total. The van der Waals surface area contributed by atoms with Crippen LogP contribution in [0.1, 0.15) is 66.5 Å². The summed E-state index contributed by atoms with van der Waals surface area (Å²) in [5.41, 5.74) is -1.12. The van der Waals surface area contributed by atoms with Gasteiger partial charge in [-0.3, -0.25) is 9.98 Å². The van der Waals surface area contributed by atoms with E-state index in [2.05, 4.69) is 0 Å². The van der Waals surface area contributed by atoms with E-state index in [1.165, 1.54) is 0 Å². The Balaban J connectivity index is 1.47. The van der Waals surface area contributed by atoms with Gasteiger partial charge in [0, 0.05) is 0 Å². The third kappa shape index (κ3) is 4.12. The van der Waals surface area contributed by atoms with Crippen molar-refractivity contribution in [1.29, 1.82) is 0 Å². The molecule has 36 heavy (non-hydrogen) atoms. The van der Waals surface area contributed by atoms with Crippen LogP contribution in [0, 0.1) is 0 Å². The van der Waals surface area contributed by atoms with Gasteiger partial charge in [-0.25, -0.2) is 0 Å². The van der Waals surface area contributed by atoms with Crippen LogP contribution in [0.2, 0.25) is 0 Å². The van der Waals surface area contributed by atoms with Gasteiger partial charge in [0.2, 0.25) is 0 Å². The predicted molar refractivity (Wildman–Crippen MR) is 138 cm³/mol. The normalized spacial score (nSPS) is 21.3. The van der Waals surface area contributed by atoms with Crippen molar-refractivity contribution in [3.63, 3.8) is 0 Å². The number of hydrogen-bond donors (Lipinski definition) is 0. The number of nitrogens with zero attached hydrogens (tertiary/aromatic N) is 4. The number of para-hydroxylation sites is 2. The number of rotatable bonds is 7. The first kappa shape index (κ1) is 26.0. The van der Waals surface area contributed by atoms with Crippen LogP contribution in [0.4, 0.5) is 0 Å². The molecule has 0 amide bonds. The Kier molecular flexibility index (Phi) is 6.34. The molecule has 0 aliphatic carbocycles. The lowest BCUT2D eigenvalue weighted by Crippen LogP contribution is -2.50. The first-order chi connectivity index (χ1) is 16.7. The van der Waals surface area contributed by atoms with Gasteiger partial charge in [-0.1, -0.05) is 34.7 Å². The summed E-state index contributed by atoms with van der Waals surface area (Å²) < 4.78 is 12.1. The Morgan fingerprint density at radius 1 is 0.611 bits per heavy atom. The van der Waals surface area contributed by atoms with Crippen LogP contribution in [0.25, 0.3) is 0 Å². The summed E-state index contributed by atoms with van der Waals surface area (Å²) in [6.45, 7) is 15.9. The van der Waals surface area contributed by atoms with E-state index >= 15 is 0 Å². The lowest BCUT2D eigenvalue weighted by atomic mass is 9.84. The summed E-state index contributed by atoms with van der Waals surface area (Å²) in [6.07, 6.45) is 0. The molecule has 0 saturated carbocycles. The van der Waals surface area contributed by atoms with Crippen molar-refractivity contribution < 1.29 is 19.9 Å². The highest BCUT2D eigenvalue weighted by atomic mass is 16.5. The molecule has 0 fully saturated rings. The average molecular weight is 493 g/mol. The molecule has 4 rings (SSSR count). The van der Waals surface area contributed by atoms with E-state index in [-0.39, 0.29) is 13.2 Å². The van der Waals surface area contributed by atoms with Crippen molar-refractivity contribution in [3.05, 3.63) is 59.7 Å². The molecule has 0 bridgehead atoms. The Morgan fingerprint density at radius 2 is 0.944 bits per heavy atom. The van der Waals surface area contributed by atoms with Gasteiger partial charge in [0.1, 0.15) is 24.7 Å². The van der Waals surface area contributed by atoms with E-state index in [1.807, 2.05) is 104 Å². The van der Waals surface area contributed by atoms with Crippen LogP contribution in [0.15, 0.2) is 58.5 Å². The molecule has 2 aliphatic rings. The van der Waals surface area contributed by atoms with Crippen LogP contribution in [-0.4, -0.2) is 57.2 Å². The fourth-order valence-corrected chi connectivity index (χ4v) is 4.12. The smallest absolute Gasteiger partial charge is 0.163 e. The van der Waals surface area contributed by atoms with Gasteiger partial charge in [0.25, 0.3) is 0 Å². The molecular weight excluding hydrogens is 456 g/mol. The molecular formula is C28H36N4O4. The van der Waals surface area contributed by atoms with E-state index in [1.54, 1.807) is 0 Å². The predicted octanol–water partition coefficient (Wildman–Crippen LogP) is 5.07. The van der Waals surface area contributed by atoms with Crippen molar-refractivity contribution in [3.8, 4) is 11.5 Å². The molecule has 2 aliphatic heterocycles. The van der Waals surface area contributed by atoms with Crippen molar-refractivity contribution in [1.82, 2.24) is 10.1 Å².